The van der Waals surface area contributed by atoms with Gasteiger partial charge in [-0.2, -0.15) is 0 Å². The predicted molar refractivity (Wildman–Crippen MR) is 105 cm³/mol. The van der Waals surface area contributed by atoms with Gasteiger partial charge >= 0.3 is 0 Å². The minimum atomic E-state index is 0.601. The van der Waals surface area contributed by atoms with Crippen LogP contribution in [0.2, 0.25) is 0 Å². The molecule has 1 aliphatic rings. The molecule has 5 nitrogen and oxygen atoms in total. The van der Waals surface area contributed by atoms with Gasteiger partial charge < -0.3 is 14.8 Å². The van der Waals surface area contributed by atoms with Gasteiger partial charge in [0.05, 0.1) is 13.2 Å². The maximum atomic E-state index is 5.66. The van der Waals surface area contributed by atoms with Crippen LogP contribution in [0.3, 0.4) is 0 Å². The summed E-state index contributed by atoms with van der Waals surface area (Å²) in [5.74, 6) is 0.898. The van der Waals surface area contributed by atoms with Crippen molar-refractivity contribution in [2.75, 3.05) is 66.1 Å². The first-order chi connectivity index (χ1) is 12.3. The number of nitrogens with zero attached hydrogens (tertiary/aromatic N) is 2. The molecule has 0 saturated carbocycles. The number of rotatable bonds is 10. The zero-order chi connectivity index (χ0) is 18.3. The van der Waals surface area contributed by atoms with Crippen LogP contribution < -0.4 is 10.1 Å². The SMILES string of the molecule is C=C(CN1CCN(CCOCCOc2ccccc2)CC1)NC.CC. The van der Waals surface area contributed by atoms with Crippen molar-refractivity contribution in [2.45, 2.75) is 13.8 Å². The molecule has 0 aromatic heterocycles. The van der Waals surface area contributed by atoms with Crippen LogP contribution in [0.4, 0.5) is 0 Å². The molecule has 0 radical (unpaired) electrons. The topological polar surface area (TPSA) is 37.0 Å². The van der Waals surface area contributed by atoms with E-state index in [0.717, 1.165) is 57.3 Å². The highest BCUT2D eigenvalue weighted by atomic mass is 16.5. The quantitative estimate of drug-likeness (QED) is 0.657. The van der Waals surface area contributed by atoms with Gasteiger partial charge in [0.25, 0.3) is 0 Å². The molecule has 0 unspecified atom stereocenters. The van der Waals surface area contributed by atoms with E-state index in [-0.39, 0.29) is 0 Å². The molecule has 5 heteroatoms. The van der Waals surface area contributed by atoms with Crippen molar-refractivity contribution in [2.24, 2.45) is 0 Å². The third-order valence-corrected chi connectivity index (χ3v) is 4.02. The van der Waals surface area contributed by atoms with Gasteiger partial charge in [-0.25, -0.2) is 0 Å². The molecule has 1 aromatic rings. The molecule has 0 spiro atoms. The van der Waals surface area contributed by atoms with Gasteiger partial charge in [0.2, 0.25) is 0 Å². The summed E-state index contributed by atoms with van der Waals surface area (Å²) in [5, 5.41) is 3.11. The van der Waals surface area contributed by atoms with Crippen LogP contribution in [0.15, 0.2) is 42.6 Å². The van der Waals surface area contributed by atoms with E-state index in [1.807, 2.05) is 51.2 Å². The van der Waals surface area contributed by atoms with Crippen molar-refractivity contribution in [3.8, 4) is 5.75 Å². The van der Waals surface area contributed by atoms with Gasteiger partial charge in [0.1, 0.15) is 12.4 Å². The first kappa shape index (κ1) is 21.5. The third-order valence-electron chi connectivity index (χ3n) is 4.02. The molecule has 0 aliphatic carbocycles. The van der Waals surface area contributed by atoms with Gasteiger partial charge in [-0.05, 0) is 12.1 Å². The van der Waals surface area contributed by atoms with E-state index in [0.29, 0.717) is 13.2 Å². The van der Waals surface area contributed by atoms with E-state index in [4.69, 9.17) is 9.47 Å². The Bertz CT molecular complexity index is 446. The van der Waals surface area contributed by atoms with E-state index >= 15 is 0 Å². The molecular formula is C20H35N3O2. The van der Waals surface area contributed by atoms with E-state index in [2.05, 4.69) is 21.7 Å². The molecule has 2 rings (SSSR count). The smallest absolute Gasteiger partial charge is 0.119 e. The molecular weight excluding hydrogens is 314 g/mol. The highest BCUT2D eigenvalue weighted by Crippen LogP contribution is 2.07. The van der Waals surface area contributed by atoms with Crippen LogP contribution in [-0.4, -0.2) is 75.9 Å². The second kappa shape index (κ2) is 13.7. The standard InChI is InChI=1S/C18H29N3O2.C2H6/c1-17(19-2)16-21-10-8-20(9-11-21)12-13-22-14-15-23-18-6-4-3-5-7-18;1-2/h3-7,19H,1,8-16H2,2H3;1-2H3. The monoisotopic (exact) mass is 349 g/mol. The van der Waals surface area contributed by atoms with Crippen molar-refractivity contribution in [3.05, 3.63) is 42.6 Å². The van der Waals surface area contributed by atoms with Crippen LogP contribution in [0.25, 0.3) is 0 Å². The first-order valence-electron chi connectivity index (χ1n) is 9.34. The summed E-state index contributed by atoms with van der Waals surface area (Å²) in [6.07, 6.45) is 0. The largest absolute Gasteiger partial charge is 0.491 e. The fraction of sp³-hybridized carbons (Fsp3) is 0.600. The number of hydrogen-bond acceptors (Lipinski definition) is 5. The maximum Gasteiger partial charge on any atom is 0.119 e. The molecule has 1 fully saturated rings. The van der Waals surface area contributed by atoms with E-state index in [1.165, 1.54) is 0 Å². The van der Waals surface area contributed by atoms with Gasteiger partial charge in [-0.3, -0.25) is 9.80 Å². The molecule has 1 N–H and O–H groups in total. The number of nitrogens with one attached hydrogen (secondary N) is 1. The van der Waals surface area contributed by atoms with Crippen molar-refractivity contribution in [1.29, 1.82) is 0 Å². The van der Waals surface area contributed by atoms with Crippen LogP contribution in [0.1, 0.15) is 13.8 Å². The number of hydrogen-bond donors (Lipinski definition) is 1. The highest BCUT2D eigenvalue weighted by molar-refractivity contribution is 5.20. The van der Waals surface area contributed by atoms with Crippen LogP contribution >= 0.6 is 0 Å². The molecule has 1 saturated heterocycles. The van der Waals surface area contributed by atoms with E-state index < -0.39 is 0 Å². The minimum absolute atomic E-state index is 0.601. The van der Waals surface area contributed by atoms with Crippen molar-refractivity contribution >= 4 is 0 Å². The Morgan fingerprint density at radius 1 is 1.00 bits per heavy atom. The second-order valence-electron chi connectivity index (χ2n) is 5.75. The molecule has 1 aromatic carbocycles. The molecule has 0 bridgehead atoms. The summed E-state index contributed by atoms with van der Waals surface area (Å²) in [6.45, 7) is 16.3. The number of benzene rings is 1. The lowest BCUT2D eigenvalue weighted by molar-refractivity contribution is 0.0631. The number of likely N-dealkylation sites (N-methyl/N-ethyl adjacent to an activating group) is 1. The van der Waals surface area contributed by atoms with E-state index in [9.17, 15) is 0 Å². The zero-order valence-corrected chi connectivity index (χ0v) is 16.2. The van der Waals surface area contributed by atoms with Crippen LogP contribution in [0, 0.1) is 0 Å². The zero-order valence-electron chi connectivity index (χ0n) is 16.2. The van der Waals surface area contributed by atoms with Crippen LogP contribution in [-0.2, 0) is 4.74 Å². The first-order valence-corrected chi connectivity index (χ1v) is 9.34. The lowest BCUT2D eigenvalue weighted by Crippen LogP contribution is -2.48. The molecule has 0 amide bonds. The summed E-state index contributed by atoms with van der Waals surface area (Å²) in [5.41, 5.74) is 1.08. The summed E-state index contributed by atoms with van der Waals surface area (Å²) in [7, 11) is 1.93. The summed E-state index contributed by atoms with van der Waals surface area (Å²) in [6, 6.07) is 9.85. The number of para-hydroxylation sites is 1. The number of piperazine rings is 1. The van der Waals surface area contributed by atoms with E-state index in [1.54, 1.807) is 0 Å². The Labute approximate surface area is 153 Å². The average Bonchev–Trinajstić information content (AvgIpc) is 2.68. The Kier molecular flexibility index (Phi) is 11.8. The van der Waals surface area contributed by atoms with Crippen molar-refractivity contribution in [1.82, 2.24) is 15.1 Å². The molecule has 142 valence electrons. The van der Waals surface area contributed by atoms with Gasteiger partial charge in [0, 0.05) is 52.0 Å². The lowest BCUT2D eigenvalue weighted by Gasteiger charge is -2.34. The summed E-state index contributed by atoms with van der Waals surface area (Å²) < 4.78 is 11.3. The van der Waals surface area contributed by atoms with Gasteiger partial charge in [0.15, 0.2) is 0 Å². The Balaban J connectivity index is 0.00000151. The van der Waals surface area contributed by atoms with Gasteiger partial charge in [-0.15, -0.1) is 0 Å². The Hall–Kier alpha value is -1.56. The second-order valence-corrected chi connectivity index (χ2v) is 5.75. The summed E-state index contributed by atoms with van der Waals surface area (Å²) >= 11 is 0. The Morgan fingerprint density at radius 3 is 2.28 bits per heavy atom. The van der Waals surface area contributed by atoms with Crippen molar-refractivity contribution in [3.63, 3.8) is 0 Å². The highest BCUT2D eigenvalue weighted by Gasteiger charge is 2.16. The predicted octanol–water partition coefficient (Wildman–Crippen LogP) is 2.46. The fourth-order valence-corrected chi connectivity index (χ4v) is 2.55. The molecule has 0 atom stereocenters. The maximum absolute atomic E-state index is 5.66. The third kappa shape index (κ3) is 9.48. The summed E-state index contributed by atoms with van der Waals surface area (Å²) in [4.78, 5) is 4.89. The minimum Gasteiger partial charge on any atom is -0.491 e. The molecule has 1 heterocycles. The lowest BCUT2D eigenvalue weighted by atomic mass is 10.3. The molecule has 25 heavy (non-hydrogen) atoms. The Morgan fingerprint density at radius 2 is 1.64 bits per heavy atom. The fourth-order valence-electron chi connectivity index (χ4n) is 2.55. The van der Waals surface area contributed by atoms with Crippen molar-refractivity contribution < 1.29 is 9.47 Å². The number of ether oxygens (including phenoxy) is 2. The molecule has 1 aliphatic heterocycles. The van der Waals surface area contributed by atoms with Gasteiger partial charge in [-0.1, -0.05) is 38.6 Å². The normalized spacial score (nSPS) is 15.2. The van der Waals surface area contributed by atoms with Crippen LogP contribution in [0.5, 0.6) is 5.75 Å². The average molecular weight is 350 g/mol.